The minimum Gasteiger partial charge on any atom is -0.466 e. The third-order valence-corrected chi connectivity index (χ3v) is 8.81. The van der Waals surface area contributed by atoms with E-state index in [0.717, 1.165) is 89.4 Å². The first-order valence-electron chi connectivity index (χ1n) is 15.8. The number of rotatable bonds is 10. The van der Waals surface area contributed by atoms with Gasteiger partial charge in [0.2, 0.25) is 0 Å². The Morgan fingerprint density at radius 1 is 0.652 bits per heavy atom. The van der Waals surface area contributed by atoms with Gasteiger partial charge in [-0.2, -0.15) is 0 Å². The van der Waals surface area contributed by atoms with Crippen LogP contribution in [0.15, 0.2) is 37.4 Å². The number of H-pyrrole nitrogens is 2. The van der Waals surface area contributed by atoms with Gasteiger partial charge in [-0.3, -0.25) is 9.59 Å². The number of esters is 2. The molecule has 8 nitrogen and oxygen atoms in total. The third kappa shape index (κ3) is 6.25. The highest BCUT2D eigenvalue weighted by atomic mass is 16.5. The quantitative estimate of drug-likeness (QED) is 0.220. The van der Waals surface area contributed by atoms with Gasteiger partial charge in [-0.1, -0.05) is 25.3 Å². The van der Waals surface area contributed by atoms with Crippen LogP contribution in [0.25, 0.3) is 56.5 Å². The maximum atomic E-state index is 12.4. The summed E-state index contributed by atoms with van der Waals surface area (Å²) in [6.45, 7) is 20.7. The summed E-state index contributed by atoms with van der Waals surface area (Å²) in [5, 5.41) is 0. The average molecular weight is 619 g/mol. The van der Waals surface area contributed by atoms with Crippen molar-refractivity contribution >= 4 is 68.4 Å². The number of nitrogens with one attached hydrogen (secondary N) is 2. The molecule has 0 atom stereocenters. The number of aromatic nitrogens is 4. The molecule has 8 heteroatoms. The van der Waals surface area contributed by atoms with Crippen LogP contribution in [-0.4, -0.2) is 45.1 Å². The first-order chi connectivity index (χ1) is 22.1. The molecule has 3 aromatic heterocycles. The number of allylic oxidation sites excluding steroid dienone is 4. The summed E-state index contributed by atoms with van der Waals surface area (Å²) in [5.41, 5.74) is 14.8. The Labute approximate surface area is 270 Å². The number of carbonyl (C=O) groups is 2. The lowest BCUT2D eigenvalue weighted by atomic mass is 9.98. The molecule has 0 amide bonds. The van der Waals surface area contributed by atoms with Crippen molar-refractivity contribution in [1.82, 2.24) is 19.9 Å². The Bertz CT molecular complexity index is 1990. The van der Waals surface area contributed by atoms with Crippen molar-refractivity contribution in [3.63, 3.8) is 0 Å². The number of fused-ring (bicyclic) bond motifs is 8. The van der Waals surface area contributed by atoms with Gasteiger partial charge in [0.25, 0.3) is 0 Å². The number of aromatic amines is 2. The summed E-state index contributed by atoms with van der Waals surface area (Å²) in [4.78, 5) is 42.2. The molecule has 0 saturated carbocycles. The Morgan fingerprint density at radius 2 is 1.07 bits per heavy atom. The number of carbonyl (C=O) groups excluding carboxylic acids is 2. The van der Waals surface area contributed by atoms with Gasteiger partial charge in [-0.25, -0.2) is 9.97 Å². The zero-order chi connectivity index (χ0) is 33.1. The number of hydrogen-bond acceptors (Lipinski definition) is 6. The van der Waals surface area contributed by atoms with Crippen LogP contribution in [0.5, 0.6) is 0 Å². The molecule has 0 aliphatic carbocycles. The van der Waals surface area contributed by atoms with E-state index >= 15 is 0 Å². The molecule has 2 aliphatic heterocycles. The summed E-state index contributed by atoms with van der Waals surface area (Å²) < 4.78 is 10.5. The van der Waals surface area contributed by atoms with E-state index in [-0.39, 0.29) is 24.8 Å². The largest absolute Gasteiger partial charge is 0.466 e. The molecule has 2 aliphatic rings. The SMILES string of the molecule is C=Cc1c(C)c2cc3[nH]c(cc4nc(cc5nc(cc1[nH]2)C(C)=C5CCC(=O)OCC)C(CCC(=O)OCC)=C4C)c(C)c3C=C. The number of hydrogen-bond donors (Lipinski definition) is 2. The smallest absolute Gasteiger partial charge is 0.306 e. The molecule has 46 heavy (non-hydrogen) atoms. The zero-order valence-electron chi connectivity index (χ0n) is 27.6. The molecule has 0 spiro atoms. The van der Waals surface area contributed by atoms with Crippen molar-refractivity contribution in [3.8, 4) is 0 Å². The summed E-state index contributed by atoms with van der Waals surface area (Å²) >= 11 is 0. The summed E-state index contributed by atoms with van der Waals surface area (Å²) in [5.74, 6) is -0.498. The molecular formula is C38H42N4O4. The van der Waals surface area contributed by atoms with Gasteiger partial charge >= 0.3 is 11.9 Å². The molecule has 0 radical (unpaired) electrons. The average Bonchev–Trinajstić information content (AvgIpc) is 3.68. The van der Waals surface area contributed by atoms with Crippen molar-refractivity contribution in [2.75, 3.05) is 13.2 Å². The second-order valence-electron chi connectivity index (χ2n) is 11.5. The van der Waals surface area contributed by atoms with Crippen LogP contribution in [-0.2, 0) is 19.1 Å². The number of nitrogens with zero attached hydrogens (tertiary/aromatic N) is 2. The van der Waals surface area contributed by atoms with Crippen LogP contribution >= 0.6 is 0 Å². The summed E-state index contributed by atoms with van der Waals surface area (Å²) in [6.07, 6.45) is 5.15. The van der Waals surface area contributed by atoms with Crippen molar-refractivity contribution < 1.29 is 19.1 Å². The third-order valence-electron chi connectivity index (χ3n) is 8.81. The highest BCUT2D eigenvalue weighted by molar-refractivity contribution is 5.97. The van der Waals surface area contributed by atoms with E-state index in [0.29, 0.717) is 26.1 Å². The minimum atomic E-state index is -0.249. The number of aryl methyl sites for hydroxylation is 2. The fraction of sp³-hybridized carbons (Fsp3) is 0.316. The molecule has 2 N–H and O–H groups in total. The van der Waals surface area contributed by atoms with E-state index < -0.39 is 0 Å². The fourth-order valence-electron chi connectivity index (χ4n) is 6.22. The molecule has 0 unspecified atom stereocenters. The van der Waals surface area contributed by atoms with Crippen LogP contribution in [0, 0.1) is 13.8 Å². The van der Waals surface area contributed by atoms with E-state index in [2.05, 4.69) is 49.1 Å². The van der Waals surface area contributed by atoms with Gasteiger partial charge in [0.1, 0.15) is 0 Å². The van der Waals surface area contributed by atoms with Gasteiger partial charge in [0.15, 0.2) is 0 Å². The first kappa shape index (κ1) is 32.4. The molecule has 3 aromatic rings. The van der Waals surface area contributed by atoms with E-state index in [1.807, 2.05) is 45.1 Å². The standard InChI is InChI=1S/C38H42N4O4/c1-9-25-21(5)29-17-30-23(7)27(13-15-37(43)45-11-3)35(41-30)20-36-28(14-16-38(44)46-12-4)24(8)32(42-36)19-34-26(10-2)22(6)31(40-34)18-33(25)39-29/h9-10,17-20,39-40H,1-2,11-16H2,3-8H3. The van der Waals surface area contributed by atoms with E-state index in [1.54, 1.807) is 6.92 Å². The van der Waals surface area contributed by atoms with Gasteiger partial charge < -0.3 is 19.4 Å². The summed E-state index contributed by atoms with van der Waals surface area (Å²) in [7, 11) is 0. The van der Waals surface area contributed by atoms with Gasteiger partial charge in [0, 0.05) is 46.0 Å². The molecule has 5 rings (SSSR count). The molecule has 0 saturated heterocycles. The predicted molar refractivity (Wildman–Crippen MR) is 187 cm³/mol. The van der Waals surface area contributed by atoms with Crippen LogP contribution in [0.3, 0.4) is 0 Å². The molecule has 8 bridgehead atoms. The molecular weight excluding hydrogens is 576 g/mol. The monoisotopic (exact) mass is 618 g/mol. The van der Waals surface area contributed by atoms with Gasteiger partial charge in [-0.15, -0.1) is 0 Å². The Morgan fingerprint density at radius 3 is 1.50 bits per heavy atom. The summed E-state index contributed by atoms with van der Waals surface area (Å²) in [6, 6.07) is 8.18. The molecule has 0 aromatic carbocycles. The zero-order valence-corrected chi connectivity index (χ0v) is 27.6. The lowest BCUT2D eigenvalue weighted by Crippen LogP contribution is -2.04. The normalized spacial score (nSPS) is 12.8. The van der Waals surface area contributed by atoms with Crippen molar-refractivity contribution in [3.05, 3.63) is 82.5 Å². The van der Waals surface area contributed by atoms with Crippen molar-refractivity contribution in [2.45, 2.75) is 67.2 Å². The van der Waals surface area contributed by atoms with Crippen LogP contribution < -0.4 is 0 Å². The topological polar surface area (TPSA) is 110 Å². The van der Waals surface area contributed by atoms with Gasteiger partial charge in [-0.05, 0) is 112 Å². The molecule has 5 heterocycles. The number of ether oxygens (including phenoxy) is 2. The van der Waals surface area contributed by atoms with Crippen LogP contribution in [0.2, 0.25) is 0 Å². The Hall–Kier alpha value is -4.98. The Kier molecular flexibility index (Phi) is 9.56. The molecule has 0 fully saturated rings. The highest BCUT2D eigenvalue weighted by Crippen LogP contribution is 2.38. The van der Waals surface area contributed by atoms with Crippen molar-refractivity contribution in [1.29, 1.82) is 0 Å². The fourth-order valence-corrected chi connectivity index (χ4v) is 6.22. The minimum absolute atomic E-state index is 0.237. The maximum Gasteiger partial charge on any atom is 0.306 e. The van der Waals surface area contributed by atoms with Crippen molar-refractivity contribution in [2.24, 2.45) is 0 Å². The Balaban J connectivity index is 1.85. The molecule has 238 valence electrons. The van der Waals surface area contributed by atoms with E-state index in [9.17, 15) is 9.59 Å². The van der Waals surface area contributed by atoms with E-state index in [1.165, 1.54) is 0 Å². The van der Waals surface area contributed by atoms with Crippen LogP contribution in [0.1, 0.15) is 98.4 Å². The van der Waals surface area contributed by atoms with E-state index in [4.69, 9.17) is 19.4 Å². The second-order valence-corrected chi connectivity index (χ2v) is 11.5. The first-order valence-corrected chi connectivity index (χ1v) is 15.8. The van der Waals surface area contributed by atoms with Crippen LogP contribution in [0.4, 0.5) is 0 Å². The highest BCUT2D eigenvalue weighted by Gasteiger charge is 2.23. The predicted octanol–water partition coefficient (Wildman–Crippen LogP) is 8.77. The lowest BCUT2D eigenvalue weighted by Gasteiger charge is -2.07. The van der Waals surface area contributed by atoms with Gasteiger partial charge in [0.05, 0.1) is 36.0 Å². The lowest BCUT2D eigenvalue weighted by molar-refractivity contribution is -0.143. The second kappa shape index (κ2) is 13.6. The maximum absolute atomic E-state index is 12.4.